The first-order chi connectivity index (χ1) is 13.2. The van der Waals surface area contributed by atoms with Gasteiger partial charge >= 0.3 is 0 Å². The van der Waals surface area contributed by atoms with E-state index in [1.807, 2.05) is 0 Å². The molecule has 0 atom stereocenters. The lowest BCUT2D eigenvalue weighted by molar-refractivity contribution is 0.0712. The van der Waals surface area contributed by atoms with Crippen molar-refractivity contribution in [1.29, 1.82) is 0 Å². The number of aromatic nitrogens is 1. The lowest BCUT2D eigenvalue weighted by Gasteiger charge is -2.31. The van der Waals surface area contributed by atoms with Gasteiger partial charge in [0, 0.05) is 6.04 Å². The summed E-state index contributed by atoms with van der Waals surface area (Å²) in [6, 6.07) is 6.03. The number of methoxy groups -OCH3 is 1. The molecular formula is C18H20FN3O5S. The van der Waals surface area contributed by atoms with E-state index in [1.54, 1.807) is 0 Å². The summed E-state index contributed by atoms with van der Waals surface area (Å²) in [5.74, 6) is -0.850. The van der Waals surface area contributed by atoms with Gasteiger partial charge in [0.05, 0.1) is 29.4 Å². The van der Waals surface area contributed by atoms with E-state index >= 15 is 0 Å². The normalized spacial score (nSPS) is 19.0. The van der Waals surface area contributed by atoms with Gasteiger partial charge in [-0.25, -0.2) is 22.5 Å². The van der Waals surface area contributed by atoms with E-state index in [0.717, 1.165) is 0 Å². The highest BCUT2D eigenvalue weighted by molar-refractivity contribution is 7.89. The van der Waals surface area contributed by atoms with Gasteiger partial charge in [0.15, 0.2) is 0 Å². The number of pyridine rings is 1. The van der Waals surface area contributed by atoms with Crippen LogP contribution in [-0.4, -0.2) is 43.7 Å². The van der Waals surface area contributed by atoms with Crippen molar-refractivity contribution >= 4 is 21.7 Å². The molecule has 0 aliphatic heterocycles. The Bertz CT molecular complexity index is 1010. The van der Waals surface area contributed by atoms with Crippen molar-refractivity contribution in [3.63, 3.8) is 0 Å². The number of carbonyl (C=O) groups excluding carboxylic acids is 1. The SMILES string of the molecule is COc1ccc(S(=O)(=O)N[C@H]2C[C@@H](O)C2)cc1C(=O)Nc1ccc(F)c(C)n1. The van der Waals surface area contributed by atoms with Crippen molar-refractivity contribution in [3.8, 4) is 5.75 Å². The second kappa shape index (κ2) is 7.82. The molecule has 10 heteroatoms. The smallest absolute Gasteiger partial charge is 0.260 e. The number of aliphatic hydroxyl groups is 1. The second-order valence-corrected chi connectivity index (χ2v) is 8.24. The van der Waals surface area contributed by atoms with Crippen molar-refractivity contribution in [2.45, 2.75) is 36.8 Å². The highest BCUT2D eigenvalue weighted by Crippen LogP contribution is 2.26. The quantitative estimate of drug-likeness (QED) is 0.667. The van der Waals surface area contributed by atoms with Gasteiger partial charge in [-0.3, -0.25) is 4.79 Å². The number of carbonyl (C=O) groups is 1. The Morgan fingerprint density at radius 2 is 2.00 bits per heavy atom. The van der Waals surface area contributed by atoms with Crippen molar-refractivity contribution in [1.82, 2.24) is 9.71 Å². The molecule has 1 saturated carbocycles. The Morgan fingerprint density at radius 1 is 1.29 bits per heavy atom. The van der Waals surface area contributed by atoms with Crippen LogP contribution < -0.4 is 14.8 Å². The van der Waals surface area contributed by atoms with Crippen molar-refractivity contribution in [2.24, 2.45) is 0 Å². The number of nitrogens with zero attached hydrogens (tertiary/aromatic N) is 1. The number of aliphatic hydroxyl groups excluding tert-OH is 1. The third kappa shape index (κ3) is 4.29. The van der Waals surface area contributed by atoms with Crippen LogP contribution in [0.2, 0.25) is 0 Å². The molecule has 3 N–H and O–H groups in total. The van der Waals surface area contributed by atoms with Crippen LogP contribution in [0.5, 0.6) is 5.75 Å². The number of sulfonamides is 1. The average Bonchev–Trinajstić information content (AvgIpc) is 2.62. The lowest BCUT2D eigenvalue weighted by Crippen LogP contribution is -2.46. The Kier molecular flexibility index (Phi) is 5.64. The molecule has 1 aromatic heterocycles. The van der Waals surface area contributed by atoms with Crippen LogP contribution in [0.1, 0.15) is 28.9 Å². The zero-order valence-corrected chi connectivity index (χ0v) is 16.1. The molecule has 1 heterocycles. The molecule has 0 saturated heterocycles. The van der Waals surface area contributed by atoms with E-state index in [-0.39, 0.29) is 33.8 Å². The molecule has 8 nitrogen and oxygen atoms in total. The van der Waals surface area contributed by atoms with Crippen molar-refractivity contribution in [3.05, 3.63) is 47.4 Å². The van der Waals surface area contributed by atoms with E-state index in [2.05, 4.69) is 15.0 Å². The molecule has 0 bridgehead atoms. The molecule has 0 unspecified atom stereocenters. The highest BCUT2D eigenvalue weighted by Gasteiger charge is 2.31. The summed E-state index contributed by atoms with van der Waals surface area (Å²) >= 11 is 0. The summed E-state index contributed by atoms with van der Waals surface area (Å²) in [7, 11) is -2.52. The van der Waals surface area contributed by atoms with Crippen LogP contribution in [0.4, 0.5) is 10.2 Å². The summed E-state index contributed by atoms with van der Waals surface area (Å²) in [4.78, 5) is 16.4. The van der Waals surface area contributed by atoms with Crippen LogP contribution in [0.25, 0.3) is 0 Å². The second-order valence-electron chi connectivity index (χ2n) is 6.52. The zero-order chi connectivity index (χ0) is 20.5. The maximum absolute atomic E-state index is 13.3. The third-order valence-electron chi connectivity index (χ3n) is 4.42. The molecule has 1 aliphatic carbocycles. The first kappa shape index (κ1) is 20.2. The maximum Gasteiger partial charge on any atom is 0.260 e. The van der Waals surface area contributed by atoms with Gasteiger partial charge in [0.2, 0.25) is 10.0 Å². The van der Waals surface area contributed by atoms with Gasteiger partial charge < -0.3 is 15.2 Å². The molecule has 1 aromatic carbocycles. The monoisotopic (exact) mass is 409 g/mol. The number of aryl methyl sites for hydroxylation is 1. The van der Waals surface area contributed by atoms with Gasteiger partial charge in [-0.05, 0) is 50.1 Å². The topological polar surface area (TPSA) is 118 Å². The maximum atomic E-state index is 13.3. The predicted molar refractivity (Wildman–Crippen MR) is 99.2 cm³/mol. The highest BCUT2D eigenvalue weighted by atomic mass is 32.2. The van der Waals surface area contributed by atoms with Gasteiger partial charge in [-0.2, -0.15) is 0 Å². The summed E-state index contributed by atoms with van der Waals surface area (Å²) in [5, 5.41) is 11.8. The number of amides is 1. The van der Waals surface area contributed by atoms with Crippen molar-refractivity contribution < 1.29 is 27.4 Å². The van der Waals surface area contributed by atoms with Crippen molar-refractivity contribution in [2.75, 3.05) is 12.4 Å². The van der Waals surface area contributed by atoms with Gasteiger partial charge in [0.1, 0.15) is 17.4 Å². The Hall–Kier alpha value is -2.56. The Morgan fingerprint density at radius 3 is 2.61 bits per heavy atom. The number of ether oxygens (including phenoxy) is 1. The summed E-state index contributed by atoms with van der Waals surface area (Å²) < 4.78 is 46.1. The van der Waals surface area contributed by atoms with Crippen LogP contribution in [0.3, 0.4) is 0 Å². The van der Waals surface area contributed by atoms with E-state index in [1.165, 1.54) is 44.4 Å². The van der Waals surface area contributed by atoms with Crippen LogP contribution in [0, 0.1) is 12.7 Å². The first-order valence-corrected chi connectivity index (χ1v) is 10.0. The number of rotatable bonds is 6. The van der Waals surface area contributed by atoms with E-state index < -0.39 is 27.9 Å². The molecule has 0 radical (unpaired) electrons. The molecule has 0 spiro atoms. The lowest BCUT2D eigenvalue weighted by atomic mass is 9.91. The number of hydrogen-bond acceptors (Lipinski definition) is 6. The van der Waals surface area contributed by atoms with Gasteiger partial charge in [-0.15, -0.1) is 0 Å². The van der Waals surface area contributed by atoms with Crippen LogP contribution >= 0.6 is 0 Å². The van der Waals surface area contributed by atoms with E-state index in [0.29, 0.717) is 12.8 Å². The van der Waals surface area contributed by atoms with Gasteiger partial charge in [0.25, 0.3) is 5.91 Å². The largest absolute Gasteiger partial charge is 0.496 e. The number of nitrogens with one attached hydrogen (secondary N) is 2. The van der Waals surface area contributed by atoms with Gasteiger partial charge in [-0.1, -0.05) is 0 Å². The third-order valence-corrected chi connectivity index (χ3v) is 5.94. The Labute approximate surface area is 161 Å². The summed E-state index contributed by atoms with van der Waals surface area (Å²) in [6.45, 7) is 1.46. The zero-order valence-electron chi connectivity index (χ0n) is 15.3. The molecule has 2 aromatic rings. The predicted octanol–water partition coefficient (Wildman–Crippen LogP) is 1.59. The molecule has 3 rings (SSSR count). The molecule has 28 heavy (non-hydrogen) atoms. The fraction of sp³-hybridized carbons (Fsp3) is 0.333. The Balaban J connectivity index is 1.85. The molecule has 1 fully saturated rings. The van der Waals surface area contributed by atoms with Crippen LogP contribution in [0.15, 0.2) is 35.2 Å². The number of benzene rings is 1. The standard InChI is InChI=1S/C18H20FN3O5S/c1-10-15(19)4-6-17(20-10)21-18(24)14-9-13(3-5-16(14)27-2)28(25,26)22-11-7-12(23)8-11/h3-6,9,11-12,22-23H,7-8H2,1-2H3,(H,20,21,24)/t11-,12+. The number of halogens is 1. The molecule has 150 valence electrons. The number of hydrogen-bond donors (Lipinski definition) is 3. The summed E-state index contributed by atoms with van der Waals surface area (Å²) in [6.07, 6.45) is 0.188. The summed E-state index contributed by atoms with van der Waals surface area (Å²) in [5.41, 5.74) is 0.107. The fourth-order valence-corrected chi connectivity index (χ4v) is 4.09. The first-order valence-electron chi connectivity index (χ1n) is 8.52. The molecule has 1 amide bonds. The minimum atomic E-state index is -3.87. The average molecular weight is 409 g/mol. The minimum Gasteiger partial charge on any atom is -0.496 e. The fourth-order valence-electron chi connectivity index (χ4n) is 2.80. The van der Waals surface area contributed by atoms with Crippen LogP contribution in [-0.2, 0) is 10.0 Å². The molecular weight excluding hydrogens is 389 g/mol. The molecule has 1 aliphatic rings. The van der Waals surface area contributed by atoms with E-state index in [4.69, 9.17) is 4.74 Å². The van der Waals surface area contributed by atoms with E-state index in [9.17, 15) is 22.7 Å². The number of anilines is 1. The minimum absolute atomic E-state index is 0.0113.